The van der Waals surface area contributed by atoms with Crippen LogP contribution in [0.3, 0.4) is 0 Å². The van der Waals surface area contributed by atoms with Crippen LogP contribution in [0.1, 0.15) is 28.9 Å². The number of anilines is 1. The van der Waals surface area contributed by atoms with Crippen molar-refractivity contribution in [2.45, 2.75) is 31.3 Å². The van der Waals surface area contributed by atoms with Gasteiger partial charge in [0.2, 0.25) is 0 Å². The second kappa shape index (κ2) is 7.31. The van der Waals surface area contributed by atoms with E-state index in [2.05, 4.69) is 15.2 Å². The molecule has 2 aromatic rings. The number of sulfone groups is 1. The zero-order valence-corrected chi connectivity index (χ0v) is 17.9. The van der Waals surface area contributed by atoms with E-state index in [1.807, 2.05) is 25.1 Å². The van der Waals surface area contributed by atoms with E-state index >= 15 is 0 Å². The summed E-state index contributed by atoms with van der Waals surface area (Å²) >= 11 is 2.91. The van der Waals surface area contributed by atoms with Crippen LogP contribution in [0.5, 0.6) is 0 Å². The van der Waals surface area contributed by atoms with Crippen LogP contribution >= 0.6 is 22.7 Å². The smallest absolute Gasteiger partial charge is 0.261 e. The quantitative estimate of drug-likeness (QED) is 0.800. The second-order valence-electron chi connectivity index (χ2n) is 7.49. The van der Waals surface area contributed by atoms with Crippen molar-refractivity contribution in [2.75, 3.05) is 43.6 Å². The van der Waals surface area contributed by atoms with Crippen molar-refractivity contribution in [2.24, 2.45) is 0 Å². The fraction of sp³-hybridized carbons (Fsp3) is 0.647. The highest BCUT2D eigenvalue weighted by Crippen LogP contribution is 2.34. The van der Waals surface area contributed by atoms with Crippen molar-refractivity contribution in [1.82, 2.24) is 15.2 Å². The number of fused-ring (bicyclic) bond motifs is 1. The monoisotopic (exact) mass is 428 g/mol. The molecule has 2 saturated heterocycles. The maximum Gasteiger partial charge on any atom is 0.261 e. The van der Waals surface area contributed by atoms with Gasteiger partial charge in [-0.3, -0.25) is 9.69 Å². The first-order valence-corrected chi connectivity index (χ1v) is 12.6. The lowest BCUT2D eigenvalue weighted by Gasteiger charge is -2.34. The summed E-state index contributed by atoms with van der Waals surface area (Å²) < 4.78 is 25.4. The van der Waals surface area contributed by atoms with E-state index in [1.165, 1.54) is 17.8 Å². The number of aromatic nitrogens is 1. The van der Waals surface area contributed by atoms with Crippen molar-refractivity contribution in [3.8, 4) is 0 Å². The molecule has 27 heavy (non-hydrogen) atoms. The molecule has 0 radical (unpaired) electrons. The van der Waals surface area contributed by atoms with Gasteiger partial charge in [0, 0.05) is 20.1 Å². The van der Waals surface area contributed by atoms with Gasteiger partial charge in [0.25, 0.3) is 5.91 Å². The van der Waals surface area contributed by atoms with Crippen molar-refractivity contribution in [1.29, 1.82) is 0 Å². The zero-order chi connectivity index (χ0) is 19.2. The van der Waals surface area contributed by atoms with E-state index in [1.54, 1.807) is 11.3 Å². The minimum atomic E-state index is -3.12. The fourth-order valence-electron chi connectivity index (χ4n) is 3.84. The molecule has 1 N–H and O–H groups in total. The molecule has 148 valence electrons. The maximum absolute atomic E-state index is 12.8. The van der Waals surface area contributed by atoms with E-state index in [-0.39, 0.29) is 29.5 Å². The number of carbonyl (C=O) groups excluding carboxylic acids is 1. The number of likely N-dealkylation sites (tertiary alicyclic amines) is 1. The van der Waals surface area contributed by atoms with Crippen LogP contribution in [0.25, 0.3) is 9.53 Å². The molecule has 0 aromatic carbocycles. The highest BCUT2D eigenvalue weighted by molar-refractivity contribution is 7.91. The highest BCUT2D eigenvalue weighted by Gasteiger charge is 2.42. The number of carbonyl (C=O) groups is 1. The van der Waals surface area contributed by atoms with Crippen LogP contribution in [0, 0.1) is 0 Å². The molecule has 0 spiro atoms. The van der Waals surface area contributed by atoms with Gasteiger partial charge in [-0.2, -0.15) is 0 Å². The second-order valence-corrected chi connectivity index (χ2v) is 11.7. The lowest BCUT2D eigenvalue weighted by atomic mass is 10.0. The molecule has 2 aliphatic rings. The molecule has 0 bridgehead atoms. The SMILES string of the molecule is CN(C)c1nc2sc(C(=O)NC3CS(=O)(=O)CC3N3CCCCC3)cc2s1. The molecule has 2 atom stereocenters. The Morgan fingerprint density at radius 3 is 2.63 bits per heavy atom. The predicted octanol–water partition coefficient (Wildman–Crippen LogP) is 1.81. The Morgan fingerprint density at radius 2 is 1.96 bits per heavy atom. The van der Waals surface area contributed by atoms with Crippen LogP contribution in [0.2, 0.25) is 0 Å². The Morgan fingerprint density at radius 1 is 1.22 bits per heavy atom. The van der Waals surface area contributed by atoms with Crippen molar-refractivity contribution in [3.63, 3.8) is 0 Å². The van der Waals surface area contributed by atoms with Crippen LogP contribution in [-0.4, -0.2) is 75.0 Å². The molecule has 2 aliphatic heterocycles. The first-order valence-electron chi connectivity index (χ1n) is 9.15. The molecule has 2 aromatic heterocycles. The molecule has 1 amide bonds. The van der Waals surface area contributed by atoms with E-state index in [4.69, 9.17) is 0 Å². The van der Waals surface area contributed by atoms with Gasteiger partial charge in [0.05, 0.1) is 27.1 Å². The number of nitrogens with one attached hydrogen (secondary N) is 1. The molecule has 10 heteroatoms. The van der Waals surface area contributed by atoms with Crippen LogP contribution in [0.4, 0.5) is 5.13 Å². The van der Waals surface area contributed by atoms with Gasteiger partial charge in [0.1, 0.15) is 4.83 Å². The Balaban J connectivity index is 1.50. The minimum Gasteiger partial charge on any atom is -0.354 e. The van der Waals surface area contributed by atoms with Gasteiger partial charge in [-0.1, -0.05) is 17.8 Å². The number of amides is 1. The molecular weight excluding hydrogens is 404 g/mol. The van der Waals surface area contributed by atoms with Gasteiger partial charge >= 0.3 is 0 Å². The molecule has 4 heterocycles. The average Bonchev–Trinajstić information content (AvgIpc) is 3.26. The third-order valence-corrected chi connectivity index (χ3v) is 9.23. The minimum absolute atomic E-state index is 0.0304. The standard InChI is InChI=1S/C17H24N4O3S3/c1-20(2)17-19-16-14(26-17)8-13(25-16)15(22)18-11-9-27(23,24)10-12(11)21-6-4-3-5-7-21/h8,11-12H,3-7,9-10H2,1-2H3,(H,18,22). The van der Waals surface area contributed by atoms with Gasteiger partial charge in [-0.15, -0.1) is 11.3 Å². The number of rotatable bonds is 4. The van der Waals surface area contributed by atoms with E-state index in [0.29, 0.717) is 4.88 Å². The van der Waals surface area contributed by atoms with Gasteiger partial charge in [-0.05, 0) is 32.0 Å². The summed E-state index contributed by atoms with van der Waals surface area (Å²) in [5.41, 5.74) is 0. The molecule has 4 rings (SSSR count). The highest BCUT2D eigenvalue weighted by atomic mass is 32.2. The summed E-state index contributed by atoms with van der Waals surface area (Å²) in [6.45, 7) is 1.83. The Labute approximate surface area is 167 Å². The fourth-order valence-corrected chi connectivity index (χ4v) is 7.83. The molecular formula is C17H24N4O3S3. The number of thiazole rings is 1. The molecule has 0 aliphatic carbocycles. The van der Waals surface area contributed by atoms with E-state index < -0.39 is 9.84 Å². The van der Waals surface area contributed by atoms with Crippen LogP contribution < -0.4 is 10.2 Å². The van der Waals surface area contributed by atoms with E-state index in [9.17, 15) is 13.2 Å². The zero-order valence-electron chi connectivity index (χ0n) is 15.5. The van der Waals surface area contributed by atoms with Gasteiger partial charge in [-0.25, -0.2) is 13.4 Å². The first-order chi connectivity index (χ1) is 12.8. The van der Waals surface area contributed by atoms with Crippen molar-refractivity contribution < 1.29 is 13.2 Å². The number of thiophene rings is 1. The van der Waals surface area contributed by atoms with E-state index in [0.717, 1.165) is 40.6 Å². The summed E-state index contributed by atoms with van der Waals surface area (Å²) in [6.07, 6.45) is 3.39. The van der Waals surface area contributed by atoms with Crippen LogP contribution in [0.15, 0.2) is 6.07 Å². The van der Waals surface area contributed by atoms with Crippen LogP contribution in [-0.2, 0) is 9.84 Å². The number of piperidine rings is 1. The summed E-state index contributed by atoms with van der Waals surface area (Å²) in [4.78, 5) is 23.0. The molecule has 2 fully saturated rings. The predicted molar refractivity (Wildman–Crippen MR) is 111 cm³/mol. The Bertz CT molecular complexity index is 912. The maximum atomic E-state index is 12.8. The lowest BCUT2D eigenvalue weighted by molar-refractivity contribution is 0.0904. The molecule has 2 unspecified atom stereocenters. The van der Waals surface area contributed by atoms with Crippen molar-refractivity contribution >= 4 is 53.1 Å². The topological polar surface area (TPSA) is 82.6 Å². The van der Waals surface area contributed by atoms with Gasteiger partial charge in [0.15, 0.2) is 15.0 Å². The normalized spacial score (nSPS) is 25.7. The first kappa shape index (κ1) is 19.1. The molecule has 0 saturated carbocycles. The summed E-state index contributed by atoms with van der Waals surface area (Å²) in [6, 6.07) is 1.41. The third-order valence-electron chi connectivity index (χ3n) is 5.18. The number of hydrogen-bond acceptors (Lipinski definition) is 8. The molecule has 7 nitrogen and oxygen atoms in total. The van der Waals surface area contributed by atoms with Gasteiger partial charge < -0.3 is 10.2 Å². The summed E-state index contributed by atoms with van der Waals surface area (Å²) in [5.74, 6) is -0.0193. The lowest BCUT2D eigenvalue weighted by Crippen LogP contribution is -2.52. The Hall–Kier alpha value is -1.23. The van der Waals surface area contributed by atoms with Crippen molar-refractivity contribution in [3.05, 3.63) is 10.9 Å². The largest absolute Gasteiger partial charge is 0.354 e. The summed E-state index contributed by atoms with van der Waals surface area (Å²) in [5, 5.41) is 3.92. The third kappa shape index (κ3) is 3.98. The number of hydrogen-bond donors (Lipinski definition) is 1. The Kier molecular flexibility index (Phi) is 5.17. The number of nitrogens with zero attached hydrogens (tertiary/aromatic N) is 3. The average molecular weight is 429 g/mol. The summed E-state index contributed by atoms with van der Waals surface area (Å²) in [7, 11) is 0.764.